The predicted octanol–water partition coefficient (Wildman–Crippen LogP) is 4.89. The van der Waals surface area contributed by atoms with Crippen LogP contribution in [-0.4, -0.2) is 18.1 Å². The fourth-order valence-corrected chi connectivity index (χ4v) is 2.30. The highest BCUT2D eigenvalue weighted by atomic mass is 35.5. The van der Waals surface area contributed by atoms with Gasteiger partial charge in [-0.15, -0.1) is 0 Å². The first-order valence-corrected chi connectivity index (χ1v) is 7.13. The highest BCUT2D eigenvalue weighted by molar-refractivity contribution is 7.71. The Balaban J connectivity index is 2.57. The summed E-state index contributed by atoms with van der Waals surface area (Å²) in [5, 5.41) is 3.91. The van der Waals surface area contributed by atoms with Crippen molar-refractivity contribution in [1.29, 1.82) is 0 Å². The Morgan fingerprint density at radius 3 is 2.76 bits per heavy atom. The van der Waals surface area contributed by atoms with Crippen molar-refractivity contribution in [1.82, 2.24) is 4.98 Å². The second-order valence-corrected chi connectivity index (χ2v) is 5.52. The molecule has 0 radical (unpaired) electrons. The molecule has 2 N–H and O–H groups in total. The first kappa shape index (κ1) is 15.8. The van der Waals surface area contributed by atoms with Gasteiger partial charge in [0, 0.05) is 16.9 Å². The zero-order valence-electron chi connectivity index (χ0n) is 11.3. The second-order valence-electron chi connectivity index (χ2n) is 4.30. The summed E-state index contributed by atoms with van der Waals surface area (Å²) in [5.74, 6) is -0.523. The maximum atomic E-state index is 11.8. The molecule has 0 aliphatic heterocycles. The average molecular weight is 343 g/mol. The van der Waals surface area contributed by atoms with Crippen LogP contribution >= 0.6 is 35.4 Å². The fourth-order valence-electron chi connectivity index (χ4n) is 1.76. The van der Waals surface area contributed by atoms with Gasteiger partial charge < -0.3 is 15.0 Å². The molecular weight excluding hydrogens is 331 g/mol. The molecule has 0 fully saturated rings. The molecule has 21 heavy (non-hydrogen) atoms. The molecule has 0 atom stereocenters. The lowest BCUT2D eigenvalue weighted by molar-refractivity contribution is 0.0601. The van der Waals surface area contributed by atoms with Crippen LogP contribution in [0.5, 0.6) is 0 Å². The van der Waals surface area contributed by atoms with Crippen molar-refractivity contribution in [3.63, 3.8) is 0 Å². The number of aryl methyl sites for hydroxylation is 1. The van der Waals surface area contributed by atoms with Crippen molar-refractivity contribution in [2.75, 3.05) is 12.4 Å². The van der Waals surface area contributed by atoms with E-state index in [9.17, 15) is 4.79 Å². The fraction of sp³-hybridized carbons (Fsp3) is 0.143. The Kier molecular flexibility index (Phi) is 4.88. The predicted molar refractivity (Wildman–Crippen MR) is 87.4 cm³/mol. The van der Waals surface area contributed by atoms with Crippen LogP contribution in [0, 0.1) is 11.6 Å². The molecule has 2 rings (SSSR count). The Hall–Kier alpha value is -1.56. The number of pyridine rings is 1. The number of anilines is 2. The number of nitrogens with one attached hydrogen (secondary N) is 2. The van der Waals surface area contributed by atoms with Crippen molar-refractivity contribution in [2.24, 2.45) is 0 Å². The number of aromatic amines is 1. The summed E-state index contributed by atoms with van der Waals surface area (Å²) < 4.78 is 5.07. The molecule has 1 aromatic carbocycles. The van der Waals surface area contributed by atoms with E-state index in [1.165, 1.54) is 13.3 Å². The van der Waals surface area contributed by atoms with Crippen LogP contribution in [0.25, 0.3) is 0 Å². The zero-order chi connectivity index (χ0) is 15.6. The summed E-state index contributed by atoms with van der Waals surface area (Å²) in [5.41, 5.74) is 2.33. The van der Waals surface area contributed by atoms with E-state index >= 15 is 0 Å². The molecule has 0 aliphatic rings. The number of ether oxygens (including phenoxy) is 1. The van der Waals surface area contributed by atoms with Gasteiger partial charge in [-0.1, -0.05) is 41.5 Å². The van der Waals surface area contributed by atoms with Crippen LogP contribution < -0.4 is 5.32 Å². The number of carbonyl (C=O) groups excluding carboxylic acids is 1. The number of H-pyrrole nitrogens is 1. The number of benzene rings is 1. The second kappa shape index (κ2) is 6.47. The number of halogens is 2. The molecule has 0 bridgehead atoms. The molecule has 0 spiro atoms. The molecule has 4 nitrogen and oxygen atoms in total. The minimum Gasteiger partial charge on any atom is -0.465 e. The van der Waals surface area contributed by atoms with E-state index in [2.05, 4.69) is 10.3 Å². The van der Waals surface area contributed by atoms with Gasteiger partial charge in [-0.3, -0.25) is 0 Å². The number of aromatic nitrogens is 1. The van der Waals surface area contributed by atoms with Gasteiger partial charge in [-0.05, 0) is 24.6 Å². The van der Waals surface area contributed by atoms with E-state index in [1.807, 2.05) is 13.0 Å². The first-order valence-electron chi connectivity index (χ1n) is 5.96. The molecule has 7 heteroatoms. The van der Waals surface area contributed by atoms with E-state index in [1.54, 1.807) is 12.1 Å². The highest BCUT2D eigenvalue weighted by Gasteiger charge is 2.17. The van der Waals surface area contributed by atoms with Crippen LogP contribution in [-0.2, 0) is 4.74 Å². The Morgan fingerprint density at radius 2 is 2.10 bits per heavy atom. The van der Waals surface area contributed by atoms with E-state index in [0.29, 0.717) is 15.4 Å². The molecule has 0 amide bonds. The molecular formula is C14H12Cl2N2O2S. The maximum absolute atomic E-state index is 11.8. The standard InChI is InChI=1S/C14H12Cl2N2O2S/c1-7-3-4-8(15)5-10(7)18-12-9(14(19)20-2)6-17-13(21)11(12)16/h3-6H,1-2H3,(H2,17,18,21). The Bertz CT molecular complexity index is 759. The summed E-state index contributed by atoms with van der Waals surface area (Å²) >= 11 is 17.3. The molecule has 1 heterocycles. The number of methoxy groups -OCH3 is 1. The van der Waals surface area contributed by atoms with Crippen LogP contribution in [0.2, 0.25) is 10.0 Å². The van der Waals surface area contributed by atoms with Gasteiger partial charge in [0.05, 0.1) is 17.8 Å². The lowest BCUT2D eigenvalue weighted by Crippen LogP contribution is -2.08. The minimum absolute atomic E-state index is 0.243. The van der Waals surface area contributed by atoms with Gasteiger partial charge in [-0.2, -0.15) is 0 Å². The third kappa shape index (κ3) is 3.37. The summed E-state index contributed by atoms with van der Waals surface area (Å²) in [6.07, 6.45) is 1.46. The smallest absolute Gasteiger partial charge is 0.341 e. The van der Waals surface area contributed by atoms with E-state index in [4.69, 9.17) is 40.2 Å². The molecule has 0 aliphatic carbocycles. The summed E-state index contributed by atoms with van der Waals surface area (Å²) in [4.78, 5) is 14.6. The number of hydrogen-bond acceptors (Lipinski definition) is 4. The van der Waals surface area contributed by atoms with Gasteiger partial charge in [0.1, 0.15) is 10.2 Å². The average Bonchev–Trinajstić information content (AvgIpc) is 2.47. The van der Waals surface area contributed by atoms with E-state index in [0.717, 1.165) is 11.3 Å². The molecule has 110 valence electrons. The van der Waals surface area contributed by atoms with E-state index < -0.39 is 5.97 Å². The highest BCUT2D eigenvalue weighted by Crippen LogP contribution is 2.32. The van der Waals surface area contributed by atoms with Crippen LogP contribution in [0.15, 0.2) is 24.4 Å². The number of carbonyl (C=O) groups is 1. The Labute approximate surface area is 137 Å². The minimum atomic E-state index is -0.523. The van der Waals surface area contributed by atoms with Crippen LogP contribution in [0.4, 0.5) is 11.4 Å². The molecule has 2 aromatic rings. The summed E-state index contributed by atoms with van der Waals surface area (Å²) in [6, 6.07) is 5.39. The maximum Gasteiger partial charge on any atom is 0.341 e. The third-order valence-corrected chi connectivity index (χ3v) is 3.95. The third-order valence-electron chi connectivity index (χ3n) is 2.90. The van der Waals surface area contributed by atoms with Gasteiger partial charge in [0.25, 0.3) is 0 Å². The van der Waals surface area contributed by atoms with Crippen molar-refractivity contribution < 1.29 is 9.53 Å². The normalized spacial score (nSPS) is 10.3. The number of esters is 1. The molecule has 0 saturated heterocycles. The molecule has 0 saturated carbocycles. The van der Waals surface area contributed by atoms with Crippen LogP contribution in [0.1, 0.15) is 15.9 Å². The lowest BCUT2D eigenvalue weighted by Gasteiger charge is -2.14. The summed E-state index contributed by atoms with van der Waals surface area (Å²) in [6.45, 7) is 1.91. The van der Waals surface area contributed by atoms with Crippen LogP contribution in [0.3, 0.4) is 0 Å². The van der Waals surface area contributed by atoms with Gasteiger partial charge in [0.15, 0.2) is 0 Å². The largest absolute Gasteiger partial charge is 0.465 e. The zero-order valence-corrected chi connectivity index (χ0v) is 13.6. The quantitative estimate of drug-likeness (QED) is 0.615. The van der Waals surface area contributed by atoms with Gasteiger partial charge in [0.2, 0.25) is 0 Å². The van der Waals surface area contributed by atoms with Gasteiger partial charge in [-0.25, -0.2) is 4.79 Å². The summed E-state index contributed by atoms with van der Waals surface area (Å²) in [7, 11) is 1.30. The van der Waals surface area contributed by atoms with Crippen molar-refractivity contribution in [2.45, 2.75) is 6.92 Å². The first-order chi connectivity index (χ1) is 9.93. The molecule has 0 unspecified atom stereocenters. The SMILES string of the molecule is COC(=O)c1c[nH]c(=S)c(Cl)c1Nc1cc(Cl)ccc1C. The lowest BCUT2D eigenvalue weighted by atomic mass is 10.1. The van der Waals surface area contributed by atoms with Crippen molar-refractivity contribution in [3.05, 3.63) is 50.2 Å². The van der Waals surface area contributed by atoms with Crippen molar-refractivity contribution in [3.8, 4) is 0 Å². The topological polar surface area (TPSA) is 54.1 Å². The number of rotatable bonds is 3. The van der Waals surface area contributed by atoms with Crippen molar-refractivity contribution >= 4 is 52.8 Å². The number of hydrogen-bond donors (Lipinski definition) is 2. The van der Waals surface area contributed by atoms with E-state index in [-0.39, 0.29) is 10.6 Å². The molecule has 1 aromatic heterocycles. The van der Waals surface area contributed by atoms with Gasteiger partial charge >= 0.3 is 5.97 Å². The monoisotopic (exact) mass is 342 g/mol. The Morgan fingerprint density at radius 1 is 1.38 bits per heavy atom.